The zero-order chi connectivity index (χ0) is 9.90. The second-order valence-corrected chi connectivity index (χ2v) is 5.89. The van der Waals surface area contributed by atoms with Gasteiger partial charge >= 0.3 is 0 Å². The summed E-state index contributed by atoms with van der Waals surface area (Å²) in [5.41, 5.74) is 0. The van der Waals surface area contributed by atoms with Gasteiger partial charge in [-0.3, -0.25) is 0 Å². The summed E-state index contributed by atoms with van der Waals surface area (Å²) in [5, 5.41) is 8.80. The monoisotopic (exact) mass is 201 g/mol. The molecule has 0 bridgehead atoms. The third-order valence-electron chi connectivity index (χ3n) is 2.67. The smallest absolute Gasteiger partial charge is 0.150 e. The second kappa shape index (κ2) is 4.10. The van der Waals surface area contributed by atoms with Crippen LogP contribution in [0.5, 0.6) is 0 Å². The predicted molar refractivity (Wildman–Crippen MR) is 50.8 cm³/mol. The number of hydrogen-bond donors (Lipinski definition) is 0. The van der Waals surface area contributed by atoms with Crippen LogP contribution in [0.1, 0.15) is 26.2 Å². The van der Waals surface area contributed by atoms with E-state index in [2.05, 4.69) is 6.07 Å². The molecule has 0 N–H and O–H groups in total. The molecule has 0 aliphatic carbocycles. The van der Waals surface area contributed by atoms with Gasteiger partial charge in [-0.05, 0) is 25.2 Å². The van der Waals surface area contributed by atoms with Gasteiger partial charge in [-0.2, -0.15) is 5.26 Å². The van der Waals surface area contributed by atoms with Crippen LogP contribution in [0.15, 0.2) is 0 Å². The van der Waals surface area contributed by atoms with Gasteiger partial charge in [0.1, 0.15) is 0 Å². The lowest BCUT2D eigenvalue weighted by molar-refractivity contribution is 0.383. The maximum atomic E-state index is 11.3. The summed E-state index contributed by atoms with van der Waals surface area (Å²) in [4.78, 5) is 0. The van der Waals surface area contributed by atoms with E-state index >= 15 is 0 Å². The molecule has 1 saturated heterocycles. The van der Waals surface area contributed by atoms with E-state index in [4.69, 9.17) is 5.26 Å². The van der Waals surface area contributed by atoms with Gasteiger partial charge in [0.05, 0.1) is 17.6 Å². The zero-order valence-corrected chi connectivity index (χ0v) is 8.68. The largest absolute Gasteiger partial charge is 0.229 e. The predicted octanol–water partition coefficient (Wildman–Crippen LogP) is 1.36. The van der Waals surface area contributed by atoms with Crippen molar-refractivity contribution in [2.45, 2.75) is 26.2 Å². The second-order valence-electron chi connectivity index (χ2n) is 3.66. The van der Waals surface area contributed by atoms with Gasteiger partial charge < -0.3 is 0 Å². The fourth-order valence-electron chi connectivity index (χ4n) is 1.91. The van der Waals surface area contributed by atoms with Crippen molar-refractivity contribution in [3.05, 3.63) is 0 Å². The summed E-state index contributed by atoms with van der Waals surface area (Å²) < 4.78 is 22.6. The fourth-order valence-corrected chi connectivity index (χ4v) is 3.73. The minimum Gasteiger partial charge on any atom is -0.229 e. The number of nitrogens with zero attached hydrogens (tertiary/aromatic N) is 1. The Morgan fingerprint density at radius 3 is 2.77 bits per heavy atom. The highest BCUT2D eigenvalue weighted by atomic mass is 32.2. The van der Waals surface area contributed by atoms with E-state index in [9.17, 15) is 8.42 Å². The summed E-state index contributed by atoms with van der Waals surface area (Å²) in [6.45, 7) is 1.94. The van der Waals surface area contributed by atoms with Gasteiger partial charge in [0.25, 0.3) is 0 Å². The van der Waals surface area contributed by atoms with Crippen molar-refractivity contribution in [2.75, 3.05) is 11.5 Å². The third-order valence-corrected chi connectivity index (χ3v) is 4.52. The van der Waals surface area contributed by atoms with Crippen LogP contribution in [0.4, 0.5) is 0 Å². The molecule has 0 spiro atoms. The van der Waals surface area contributed by atoms with Crippen LogP contribution in [0.2, 0.25) is 0 Å². The Balaban J connectivity index is 2.67. The van der Waals surface area contributed by atoms with Crippen molar-refractivity contribution in [3.8, 4) is 6.07 Å². The molecule has 74 valence electrons. The highest BCUT2D eigenvalue weighted by Crippen LogP contribution is 2.26. The van der Waals surface area contributed by atoms with E-state index in [-0.39, 0.29) is 17.6 Å². The van der Waals surface area contributed by atoms with Crippen molar-refractivity contribution in [1.29, 1.82) is 5.26 Å². The summed E-state index contributed by atoms with van der Waals surface area (Å²) in [7, 11) is -2.85. The first-order chi connectivity index (χ1) is 6.09. The molecule has 4 heteroatoms. The standard InChI is InChI=1S/C9H15NO2S/c1-2-8(6-10)9-4-3-5-13(11,12)7-9/h8-9H,2-5,7H2,1H3. The average Bonchev–Trinajstić information content (AvgIpc) is 2.05. The van der Waals surface area contributed by atoms with Crippen molar-refractivity contribution < 1.29 is 8.42 Å². The molecule has 0 amide bonds. The van der Waals surface area contributed by atoms with Crippen LogP contribution in [0, 0.1) is 23.2 Å². The normalized spacial score (nSPS) is 29.1. The van der Waals surface area contributed by atoms with Crippen molar-refractivity contribution in [3.63, 3.8) is 0 Å². The van der Waals surface area contributed by atoms with Crippen LogP contribution in [0.3, 0.4) is 0 Å². The highest BCUT2D eigenvalue weighted by molar-refractivity contribution is 7.91. The topological polar surface area (TPSA) is 57.9 Å². The van der Waals surface area contributed by atoms with Gasteiger partial charge in [0.2, 0.25) is 0 Å². The van der Waals surface area contributed by atoms with Gasteiger partial charge in [-0.25, -0.2) is 8.42 Å². The molecule has 0 aromatic carbocycles. The lowest BCUT2D eigenvalue weighted by Gasteiger charge is -2.24. The third kappa shape index (κ3) is 2.70. The summed E-state index contributed by atoms with van der Waals surface area (Å²) >= 11 is 0. The zero-order valence-electron chi connectivity index (χ0n) is 7.86. The molecule has 2 atom stereocenters. The molecule has 1 aliphatic rings. The SMILES string of the molecule is CCC(C#N)C1CCCS(=O)(=O)C1. The van der Waals surface area contributed by atoms with E-state index in [0.29, 0.717) is 5.75 Å². The quantitative estimate of drug-likeness (QED) is 0.677. The molecule has 0 aromatic heterocycles. The van der Waals surface area contributed by atoms with Crippen LogP contribution < -0.4 is 0 Å². The number of hydrogen-bond acceptors (Lipinski definition) is 3. The molecule has 3 nitrogen and oxygen atoms in total. The maximum Gasteiger partial charge on any atom is 0.150 e. The Morgan fingerprint density at radius 1 is 1.62 bits per heavy atom. The van der Waals surface area contributed by atoms with Gasteiger partial charge in [0, 0.05) is 5.92 Å². The molecule has 1 heterocycles. The first kappa shape index (κ1) is 10.5. The molecular formula is C9H15NO2S. The van der Waals surface area contributed by atoms with E-state index < -0.39 is 9.84 Å². The molecule has 1 aliphatic heterocycles. The number of nitriles is 1. The molecule has 0 aromatic rings. The van der Waals surface area contributed by atoms with Crippen LogP contribution in [-0.2, 0) is 9.84 Å². The first-order valence-corrected chi connectivity index (χ1v) is 6.51. The Labute approximate surface area is 79.7 Å². The van der Waals surface area contributed by atoms with E-state index in [1.165, 1.54) is 0 Å². The van der Waals surface area contributed by atoms with Gasteiger partial charge in [-0.1, -0.05) is 6.92 Å². The molecule has 0 saturated carbocycles. The summed E-state index contributed by atoms with van der Waals surface area (Å²) in [5.74, 6) is 0.536. The van der Waals surface area contributed by atoms with Crippen LogP contribution >= 0.6 is 0 Å². The molecule has 2 unspecified atom stereocenters. The fraction of sp³-hybridized carbons (Fsp3) is 0.889. The van der Waals surface area contributed by atoms with Crippen molar-refractivity contribution >= 4 is 9.84 Å². The summed E-state index contributed by atoms with van der Waals surface area (Å²) in [6, 6.07) is 2.19. The Hall–Kier alpha value is -0.560. The Bertz CT molecular complexity index is 302. The van der Waals surface area contributed by atoms with Crippen LogP contribution in [0.25, 0.3) is 0 Å². The van der Waals surface area contributed by atoms with E-state index in [0.717, 1.165) is 19.3 Å². The Kier molecular flexibility index (Phi) is 3.32. The minimum absolute atomic E-state index is 0.0740. The molecule has 1 fully saturated rings. The number of sulfone groups is 1. The highest BCUT2D eigenvalue weighted by Gasteiger charge is 2.29. The average molecular weight is 201 g/mol. The van der Waals surface area contributed by atoms with Crippen molar-refractivity contribution in [1.82, 2.24) is 0 Å². The lowest BCUT2D eigenvalue weighted by Crippen LogP contribution is -2.29. The first-order valence-electron chi connectivity index (χ1n) is 4.69. The maximum absolute atomic E-state index is 11.3. The van der Waals surface area contributed by atoms with E-state index in [1.54, 1.807) is 0 Å². The van der Waals surface area contributed by atoms with Gasteiger partial charge in [0.15, 0.2) is 9.84 Å². The minimum atomic E-state index is -2.85. The number of rotatable bonds is 2. The molecular weight excluding hydrogens is 186 g/mol. The Morgan fingerprint density at radius 2 is 2.31 bits per heavy atom. The molecule has 13 heavy (non-hydrogen) atoms. The van der Waals surface area contributed by atoms with Gasteiger partial charge in [-0.15, -0.1) is 0 Å². The molecule has 1 rings (SSSR count). The van der Waals surface area contributed by atoms with Crippen LogP contribution in [-0.4, -0.2) is 19.9 Å². The summed E-state index contributed by atoms with van der Waals surface area (Å²) in [6.07, 6.45) is 2.38. The van der Waals surface area contributed by atoms with Crippen molar-refractivity contribution in [2.24, 2.45) is 11.8 Å². The van der Waals surface area contributed by atoms with E-state index in [1.807, 2.05) is 6.92 Å². The molecule has 0 radical (unpaired) electrons. The lowest BCUT2D eigenvalue weighted by atomic mass is 9.89.